The van der Waals surface area contributed by atoms with Crippen LogP contribution in [0.1, 0.15) is 44.6 Å². The molecule has 0 radical (unpaired) electrons. The predicted molar refractivity (Wildman–Crippen MR) is 100 cm³/mol. The van der Waals surface area contributed by atoms with Crippen LogP contribution in [0.2, 0.25) is 0 Å². The topological polar surface area (TPSA) is 95.7 Å². The number of Topliss-reactive ketones (excluding diaryl/α,β-unsaturated/α-hetero) is 1. The van der Waals surface area contributed by atoms with Gasteiger partial charge in [0.15, 0.2) is 0 Å². The largest absolute Gasteiger partial charge is 0.481 e. The molecule has 4 N–H and O–H groups in total. The number of ketones is 1. The first kappa shape index (κ1) is 19.8. The van der Waals surface area contributed by atoms with E-state index in [4.69, 9.17) is 5.73 Å². The number of aliphatic carboxylic acids is 1. The third-order valence-electron chi connectivity index (χ3n) is 6.13. The molecule has 3 rings (SSSR count). The Hall–Kier alpha value is -1.99. The molecule has 1 aromatic carbocycles. The van der Waals surface area contributed by atoms with Crippen LogP contribution in [0, 0.1) is 17.7 Å². The second-order valence-corrected chi connectivity index (χ2v) is 8.02. The Labute approximate surface area is 158 Å². The molecule has 7 heteroatoms. The number of anilines is 1. The van der Waals surface area contributed by atoms with Crippen LogP contribution in [0.25, 0.3) is 0 Å². The molecule has 1 spiro atoms. The van der Waals surface area contributed by atoms with Crippen molar-refractivity contribution >= 4 is 17.4 Å². The smallest absolute Gasteiger partial charge is 0.307 e. The van der Waals surface area contributed by atoms with Crippen LogP contribution in [-0.2, 0) is 16.0 Å². The molecule has 0 amide bonds. The molecule has 1 aliphatic heterocycles. The maximum atomic E-state index is 14.0. The normalized spacial score (nSPS) is 29.0. The lowest BCUT2D eigenvalue weighted by Crippen LogP contribution is -2.63. The molecule has 1 aliphatic carbocycles. The van der Waals surface area contributed by atoms with Gasteiger partial charge in [0.25, 0.3) is 0 Å². The van der Waals surface area contributed by atoms with E-state index in [1.54, 1.807) is 19.1 Å². The van der Waals surface area contributed by atoms with Crippen LogP contribution >= 0.6 is 0 Å². The average Bonchev–Trinajstić information content (AvgIpc) is 2.61. The van der Waals surface area contributed by atoms with Crippen LogP contribution in [0.4, 0.5) is 10.1 Å². The Morgan fingerprint density at radius 3 is 2.63 bits per heavy atom. The van der Waals surface area contributed by atoms with E-state index in [1.807, 2.05) is 5.01 Å². The minimum atomic E-state index is -0.806. The second kappa shape index (κ2) is 7.94. The van der Waals surface area contributed by atoms with Crippen LogP contribution in [0.3, 0.4) is 0 Å². The Morgan fingerprint density at radius 2 is 2.04 bits per heavy atom. The zero-order valence-corrected chi connectivity index (χ0v) is 15.7. The monoisotopic (exact) mass is 377 g/mol. The quantitative estimate of drug-likeness (QED) is 0.682. The molecule has 148 valence electrons. The summed E-state index contributed by atoms with van der Waals surface area (Å²) in [6.07, 6.45) is 4.08. The predicted octanol–water partition coefficient (Wildman–Crippen LogP) is 2.38. The third kappa shape index (κ3) is 4.47. The van der Waals surface area contributed by atoms with E-state index in [-0.39, 0.29) is 23.1 Å². The van der Waals surface area contributed by atoms with E-state index in [0.29, 0.717) is 37.2 Å². The molecule has 0 aromatic heterocycles. The number of carbonyl (C=O) groups excluding carboxylic acids is 1. The van der Waals surface area contributed by atoms with E-state index in [1.165, 1.54) is 6.07 Å². The lowest BCUT2D eigenvalue weighted by molar-refractivity contribution is -0.148. The minimum absolute atomic E-state index is 0.0780. The van der Waals surface area contributed by atoms with E-state index in [9.17, 15) is 19.1 Å². The lowest BCUT2D eigenvalue weighted by Gasteiger charge is -2.49. The number of nitrogens with one attached hydrogen (secondary N) is 1. The summed E-state index contributed by atoms with van der Waals surface area (Å²) in [7, 11) is 0. The highest BCUT2D eigenvalue weighted by Gasteiger charge is 2.44. The summed E-state index contributed by atoms with van der Waals surface area (Å²) in [6.45, 7) is 2.48. The summed E-state index contributed by atoms with van der Waals surface area (Å²) in [5.74, 6) is -1.33. The molecule has 1 aromatic rings. The van der Waals surface area contributed by atoms with E-state index in [2.05, 4.69) is 5.43 Å². The van der Waals surface area contributed by atoms with Gasteiger partial charge >= 0.3 is 5.97 Å². The molecule has 1 unspecified atom stereocenters. The zero-order valence-electron chi connectivity index (χ0n) is 15.7. The molecule has 1 saturated heterocycles. The SMILES string of the molecule is CC(=O)C1CCC2(CC1)CC(C(=O)O)CN(CCc1c(N)cccc1F)N2. The van der Waals surface area contributed by atoms with Crippen molar-refractivity contribution in [2.24, 2.45) is 11.8 Å². The number of carboxylic acids is 1. The van der Waals surface area contributed by atoms with Crippen LogP contribution in [-0.4, -0.2) is 40.5 Å². The molecule has 2 aliphatic rings. The van der Waals surface area contributed by atoms with Gasteiger partial charge in [0.05, 0.1) is 5.92 Å². The average molecular weight is 377 g/mol. The summed E-state index contributed by atoms with van der Waals surface area (Å²) in [6, 6.07) is 4.64. The van der Waals surface area contributed by atoms with Gasteiger partial charge in [-0.2, -0.15) is 0 Å². The van der Waals surface area contributed by atoms with Crippen molar-refractivity contribution in [3.05, 3.63) is 29.6 Å². The Morgan fingerprint density at radius 1 is 1.33 bits per heavy atom. The van der Waals surface area contributed by atoms with Gasteiger partial charge in [0.1, 0.15) is 11.6 Å². The molecule has 27 heavy (non-hydrogen) atoms. The molecule has 6 nitrogen and oxygen atoms in total. The molecular formula is C20H28FN3O3. The highest BCUT2D eigenvalue weighted by molar-refractivity contribution is 5.78. The van der Waals surface area contributed by atoms with Crippen molar-refractivity contribution in [1.82, 2.24) is 10.4 Å². The van der Waals surface area contributed by atoms with Crippen molar-refractivity contribution in [2.75, 3.05) is 18.8 Å². The highest BCUT2D eigenvalue weighted by atomic mass is 19.1. The number of carbonyl (C=O) groups is 2. The summed E-state index contributed by atoms with van der Waals surface area (Å²) in [5, 5.41) is 11.5. The van der Waals surface area contributed by atoms with E-state index < -0.39 is 11.9 Å². The van der Waals surface area contributed by atoms with Gasteiger partial charge in [-0.1, -0.05) is 6.07 Å². The van der Waals surface area contributed by atoms with Crippen molar-refractivity contribution < 1.29 is 19.1 Å². The number of hydrazine groups is 1. The van der Waals surface area contributed by atoms with Crippen molar-refractivity contribution in [3.8, 4) is 0 Å². The first-order chi connectivity index (χ1) is 12.8. The minimum Gasteiger partial charge on any atom is -0.481 e. The molecule has 2 fully saturated rings. The number of nitrogen functional groups attached to an aromatic ring is 1. The van der Waals surface area contributed by atoms with E-state index in [0.717, 1.165) is 25.7 Å². The van der Waals surface area contributed by atoms with Gasteiger partial charge < -0.3 is 10.8 Å². The van der Waals surface area contributed by atoms with Gasteiger partial charge in [0.2, 0.25) is 0 Å². The standard InChI is InChI=1S/C20H28FN3O3/c1-13(25)14-5-8-20(9-6-14)11-15(19(26)27)12-24(23-20)10-7-16-17(21)3-2-4-18(16)22/h2-4,14-15,23H,5-12,22H2,1H3,(H,26,27). The summed E-state index contributed by atoms with van der Waals surface area (Å²) in [5.41, 5.74) is 9.99. The number of carboxylic acid groups (broad SMARTS) is 1. The van der Waals surface area contributed by atoms with Crippen molar-refractivity contribution in [3.63, 3.8) is 0 Å². The number of hydrogen-bond acceptors (Lipinski definition) is 5. The maximum Gasteiger partial charge on any atom is 0.307 e. The molecule has 1 heterocycles. The third-order valence-corrected chi connectivity index (χ3v) is 6.13. The first-order valence-corrected chi connectivity index (χ1v) is 9.58. The van der Waals surface area contributed by atoms with E-state index >= 15 is 0 Å². The van der Waals surface area contributed by atoms with Crippen LogP contribution < -0.4 is 11.2 Å². The lowest BCUT2D eigenvalue weighted by atomic mass is 9.71. The van der Waals surface area contributed by atoms with Crippen molar-refractivity contribution in [1.29, 1.82) is 0 Å². The Bertz CT molecular complexity index is 696. The number of hydrogen-bond donors (Lipinski definition) is 3. The zero-order chi connectivity index (χ0) is 19.6. The number of halogens is 1. The van der Waals surface area contributed by atoms with Gasteiger partial charge in [-0.3, -0.25) is 9.59 Å². The van der Waals surface area contributed by atoms with Crippen LogP contribution in [0.15, 0.2) is 18.2 Å². The molecular weight excluding hydrogens is 349 g/mol. The molecule has 1 atom stereocenters. The molecule has 1 saturated carbocycles. The molecule has 0 bridgehead atoms. The number of nitrogens with zero attached hydrogens (tertiary/aromatic N) is 1. The summed E-state index contributed by atoms with van der Waals surface area (Å²) in [4.78, 5) is 23.4. The van der Waals surface area contributed by atoms with Gasteiger partial charge in [0, 0.05) is 35.8 Å². The van der Waals surface area contributed by atoms with Gasteiger partial charge in [-0.15, -0.1) is 0 Å². The maximum absolute atomic E-state index is 14.0. The first-order valence-electron chi connectivity index (χ1n) is 9.58. The summed E-state index contributed by atoms with van der Waals surface area (Å²) >= 11 is 0. The Balaban J connectivity index is 1.70. The fourth-order valence-corrected chi connectivity index (χ4v) is 4.52. The summed E-state index contributed by atoms with van der Waals surface area (Å²) < 4.78 is 14.0. The number of benzene rings is 1. The Kier molecular flexibility index (Phi) is 5.81. The second-order valence-electron chi connectivity index (χ2n) is 8.02. The van der Waals surface area contributed by atoms with Crippen LogP contribution in [0.5, 0.6) is 0 Å². The van der Waals surface area contributed by atoms with Gasteiger partial charge in [-0.05, 0) is 57.6 Å². The van der Waals surface area contributed by atoms with Gasteiger partial charge in [-0.25, -0.2) is 14.8 Å². The fourth-order valence-electron chi connectivity index (χ4n) is 4.52. The highest BCUT2D eigenvalue weighted by Crippen LogP contribution is 2.39. The number of rotatable bonds is 5. The fraction of sp³-hybridized carbons (Fsp3) is 0.600. The van der Waals surface area contributed by atoms with Crippen molar-refractivity contribution in [2.45, 2.75) is 51.0 Å². The number of nitrogens with two attached hydrogens (primary N) is 1.